The Morgan fingerprint density at radius 2 is 2.14 bits per heavy atom. The van der Waals surface area contributed by atoms with Crippen LogP contribution in [0.3, 0.4) is 0 Å². The topological polar surface area (TPSA) is 70.2 Å². The molecule has 0 aromatic heterocycles. The van der Waals surface area contributed by atoms with Gasteiger partial charge in [-0.3, -0.25) is 9.59 Å². The van der Waals surface area contributed by atoms with Gasteiger partial charge >= 0.3 is 0 Å². The quantitative estimate of drug-likeness (QED) is 0.744. The summed E-state index contributed by atoms with van der Waals surface area (Å²) in [5.74, 6) is -0.0290. The van der Waals surface area contributed by atoms with Crippen LogP contribution in [0.5, 0.6) is 0 Å². The monoisotopic (exact) mass is 325 g/mol. The second-order valence-electron chi connectivity index (χ2n) is 5.33. The van der Waals surface area contributed by atoms with Crippen molar-refractivity contribution < 1.29 is 9.59 Å². The van der Waals surface area contributed by atoms with Crippen LogP contribution in [0.25, 0.3) is 0 Å². The van der Waals surface area contributed by atoms with Crippen molar-refractivity contribution in [2.45, 2.75) is 38.8 Å². The average Bonchev–Trinajstić information content (AvgIpc) is 2.98. The third kappa shape index (κ3) is 5.66. The maximum absolute atomic E-state index is 11.9. The molecule has 1 atom stereocenters. The van der Waals surface area contributed by atoms with Gasteiger partial charge in [0.25, 0.3) is 5.91 Å². The zero-order chi connectivity index (χ0) is 15.1. The van der Waals surface area contributed by atoms with Gasteiger partial charge in [0.2, 0.25) is 5.91 Å². The van der Waals surface area contributed by atoms with E-state index in [4.69, 9.17) is 0 Å². The van der Waals surface area contributed by atoms with E-state index in [-0.39, 0.29) is 24.2 Å². The summed E-state index contributed by atoms with van der Waals surface area (Å²) in [5.41, 5.74) is 1.56. The Balaban J connectivity index is 0.00000242. The summed E-state index contributed by atoms with van der Waals surface area (Å²) in [4.78, 5) is 23.6. The highest BCUT2D eigenvalue weighted by atomic mass is 35.5. The maximum atomic E-state index is 11.9. The summed E-state index contributed by atoms with van der Waals surface area (Å²) in [6.07, 6.45) is 2.74. The number of hydrogen-bond donors (Lipinski definition) is 3. The molecule has 1 aromatic rings. The highest BCUT2D eigenvalue weighted by molar-refractivity contribution is 5.94. The van der Waals surface area contributed by atoms with E-state index < -0.39 is 0 Å². The van der Waals surface area contributed by atoms with Gasteiger partial charge in [-0.25, -0.2) is 0 Å². The van der Waals surface area contributed by atoms with E-state index in [1.165, 1.54) is 0 Å². The van der Waals surface area contributed by atoms with Crippen molar-refractivity contribution in [2.75, 3.05) is 13.1 Å². The number of halogens is 1. The molecule has 1 aliphatic heterocycles. The van der Waals surface area contributed by atoms with Crippen LogP contribution in [-0.2, 0) is 11.3 Å². The Morgan fingerprint density at radius 3 is 2.82 bits per heavy atom. The third-order valence-electron chi connectivity index (χ3n) is 3.61. The van der Waals surface area contributed by atoms with Crippen molar-refractivity contribution >= 4 is 24.2 Å². The van der Waals surface area contributed by atoms with Crippen molar-refractivity contribution in [3.05, 3.63) is 35.4 Å². The van der Waals surface area contributed by atoms with Crippen molar-refractivity contribution in [3.8, 4) is 0 Å². The zero-order valence-electron chi connectivity index (χ0n) is 12.9. The highest BCUT2D eigenvalue weighted by Gasteiger charge is 2.17. The van der Waals surface area contributed by atoms with Crippen LogP contribution in [0.2, 0.25) is 0 Å². The van der Waals surface area contributed by atoms with Crippen LogP contribution in [0.1, 0.15) is 42.1 Å². The van der Waals surface area contributed by atoms with Gasteiger partial charge in [-0.05, 0) is 44.0 Å². The molecule has 1 saturated heterocycles. The third-order valence-corrected chi connectivity index (χ3v) is 3.61. The van der Waals surface area contributed by atoms with E-state index in [2.05, 4.69) is 16.0 Å². The molecule has 1 fully saturated rings. The Kier molecular flexibility index (Phi) is 7.91. The molecule has 0 radical (unpaired) electrons. The van der Waals surface area contributed by atoms with Gasteiger partial charge < -0.3 is 16.0 Å². The number of amides is 2. The Morgan fingerprint density at radius 1 is 1.32 bits per heavy atom. The van der Waals surface area contributed by atoms with Crippen molar-refractivity contribution in [1.29, 1.82) is 0 Å². The van der Waals surface area contributed by atoms with Crippen LogP contribution in [0.4, 0.5) is 0 Å². The minimum absolute atomic E-state index is 0. The van der Waals surface area contributed by atoms with E-state index in [0.29, 0.717) is 31.1 Å². The van der Waals surface area contributed by atoms with E-state index in [0.717, 1.165) is 24.9 Å². The summed E-state index contributed by atoms with van der Waals surface area (Å²) < 4.78 is 0. The van der Waals surface area contributed by atoms with E-state index in [1.54, 1.807) is 6.07 Å². The van der Waals surface area contributed by atoms with Gasteiger partial charge in [-0.15, -0.1) is 12.4 Å². The molecule has 6 heteroatoms. The van der Waals surface area contributed by atoms with Gasteiger partial charge in [0.05, 0.1) is 0 Å². The summed E-state index contributed by atoms with van der Waals surface area (Å²) >= 11 is 0. The fraction of sp³-hybridized carbons (Fsp3) is 0.500. The lowest BCUT2D eigenvalue weighted by atomic mass is 10.1. The van der Waals surface area contributed by atoms with Crippen molar-refractivity contribution in [3.63, 3.8) is 0 Å². The summed E-state index contributed by atoms with van der Waals surface area (Å²) in [5, 5.41) is 8.99. The SMILES string of the molecule is CCNC(=O)c1cccc(CNC(=O)CC2CCCN2)c1.Cl. The summed E-state index contributed by atoms with van der Waals surface area (Å²) in [6.45, 7) is 3.96. The minimum atomic E-state index is -0.0826. The normalized spacial score (nSPS) is 16.7. The van der Waals surface area contributed by atoms with E-state index >= 15 is 0 Å². The summed E-state index contributed by atoms with van der Waals surface area (Å²) in [7, 11) is 0. The minimum Gasteiger partial charge on any atom is -0.352 e. The Hall–Kier alpha value is -1.59. The highest BCUT2D eigenvalue weighted by Crippen LogP contribution is 2.09. The van der Waals surface area contributed by atoms with Crippen molar-refractivity contribution in [1.82, 2.24) is 16.0 Å². The van der Waals surface area contributed by atoms with Crippen LogP contribution in [0.15, 0.2) is 24.3 Å². The maximum Gasteiger partial charge on any atom is 0.251 e. The van der Waals surface area contributed by atoms with Gasteiger partial charge in [-0.2, -0.15) is 0 Å². The summed E-state index contributed by atoms with van der Waals surface area (Å²) in [6, 6.07) is 7.66. The van der Waals surface area contributed by atoms with Crippen molar-refractivity contribution in [2.24, 2.45) is 0 Å². The van der Waals surface area contributed by atoms with Gasteiger partial charge in [0.1, 0.15) is 0 Å². The molecule has 0 aliphatic carbocycles. The molecule has 1 unspecified atom stereocenters. The molecule has 5 nitrogen and oxygen atoms in total. The standard InChI is InChI=1S/C16H23N3O2.ClH/c1-2-17-16(21)13-6-3-5-12(9-13)11-19-15(20)10-14-7-4-8-18-14;/h3,5-6,9,14,18H,2,4,7-8,10-11H2,1H3,(H,17,21)(H,19,20);1H. The Bertz CT molecular complexity index is 502. The molecule has 122 valence electrons. The second kappa shape index (κ2) is 9.43. The fourth-order valence-electron chi connectivity index (χ4n) is 2.51. The first-order valence-corrected chi connectivity index (χ1v) is 7.56. The largest absolute Gasteiger partial charge is 0.352 e. The molecule has 3 N–H and O–H groups in total. The molecule has 1 aliphatic rings. The second-order valence-corrected chi connectivity index (χ2v) is 5.33. The number of hydrogen-bond acceptors (Lipinski definition) is 3. The predicted molar refractivity (Wildman–Crippen MR) is 89.2 cm³/mol. The van der Waals surface area contributed by atoms with Gasteiger partial charge in [0.15, 0.2) is 0 Å². The van der Waals surface area contributed by atoms with Gasteiger partial charge in [0, 0.05) is 31.1 Å². The molecule has 2 amide bonds. The Labute approximate surface area is 137 Å². The average molecular weight is 326 g/mol. The predicted octanol–water partition coefficient (Wildman–Crippen LogP) is 1.62. The van der Waals surface area contributed by atoms with Crippen LogP contribution < -0.4 is 16.0 Å². The molecule has 0 spiro atoms. The molecule has 0 saturated carbocycles. The number of rotatable bonds is 6. The van der Waals surface area contributed by atoms with Crippen LogP contribution in [-0.4, -0.2) is 30.9 Å². The first kappa shape index (κ1) is 18.5. The molecule has 1 heterocycles. The smallest absolute Gasteiger partial charge is 0.251 e. The number of carbonyl (C=O) groups is 2. The lowest BCUT2D eigenvalue weighted by Crippen LogP contribution is -2.31. The molecule has 22 heavy (non-hydrogen) atoms. The van der Waals surface area contributed by atoms with E-state index in [9.17, 15) is 9.59 Å². The molecular weight excluding hydrogens is 302 g/mol. The van der Waals surface area contributed by atoms with E-state index in [1.807, 2.05) is 25.1 Å². The molecule has 2 rings (SSSR count). The lowest BCUT2D eigenvalue weighted by Gasteiger charge is -2.11. The number of nitrogens with one attached hydrogen (secondary N) is 3. The number of carbonyl (C=O) groups excluding carboxylic acids is 2. The van der Waals surface area contributed by atoms with Crippen LogP contribution >= 0.6 is 12.4 Å². The molecule has 1 aromatic carbocycles. The molecule has 0 bridgehead atoms. The number of benzene rings is 1. The molecular formula is C16H24ClN3O2. The lowest BCUT2D eigenvalue weighted by molar-refractivity contribution is -0.121. The first-order chi connectivity index (χ1) is 10.2. The van der Waals surface area contributed by atoms with Gasteiger partial charge in [-0.1, -0.05) is 12.1 Å². The fourth-order valence-corrected chi connectivity index (χ4v) is 2.51. The first-order valence-electron chi connectivity index (χ1n) is 7.56. The van der Waals surface area contributed by atoms with Crippen LogP contribution in [0, 0.1) is 0 Å². The zero-order valence-corrected chi connectivity index (χ0v) is 13.7.